The molecule has 0 bridgehead atoms. The molecule has 0 aliphatic heterocycles. The maximum absolute atomic E-state index is 9.28. The second-order valence-corrected chi connectivity index (χ2v) is 2.26. The van der Waals surface area contributed by atoms with Crippen molar-refractivity contribution in [3.63, 3.8) is 0 Å². The molecule has 1 heterocycles. The molecule has 0 radical (unpaired) electrons. The summed E-state index contributed by atoms with van der Waals surface area (Å²) in [7, 11) is 0. The zero-order chi connectivity index (χ0) is 8.97. The van der Waals surface area contributed by atoms with E-state index in [9.17, 15) is 5.11 Å². The van der Waals surface area contributed by atoms with E-state index in [1.165, 1.54) is 6.20 Å². The van der Waals surface area contributed by atoms with Crippen LogP contribution in [0.15, 0.2) is 6.20 Å². The van der Waals surface area contributed by atoms with Gasteiger partial charge in [-0.15, -0.1) is 0 Å². The van der Waals surface area contributed by atoms with E-state index in [1.54, 1.807) is 0 Å². The first kappa shape index (κ1) is 8.77. The van der Waals surface area contributed by atoms with Crippen LogP contribution >= 0.6 is 0 Å². The molecule has 0 atom stereocenters. The number of ether oxygens (including phenoxy) is 1. The summed E-state index contributed by atoms with van der Waals surface area (Å²) in [5, 5.41) is 9.28. The third kappa shape index (κ3) is 1.84. The number of aromatic nitrogens is 2. The molecule has 0 aliphatic rings. The van der Waals surface area contributed by atoms with Gasteiger partial charge in [0.2, 0.25) is 0 Å². The van der Waals surface area contributed by atoms with Gasteiger partial charge in [0.1, 0.15) is 5.82 Å². The molecule has 4 heteroatoms. The summed E-state index contributed by atoms with van der Waals surface area (Å²) in [6.07, 6.45) is 2.20. The number of aromatic hydroxyl groups is 1. The Balaban J connectivity index is 2.87. The molecule has 4 nitrogen and oxygen atoms in total. The van der Waals surface area contributed by atoms with Crippen molar-refractivity contribution in [3.8, 4) is 11.6 Å². The molecular weight excluding hydrogens is 156 g/mol. The van der Waals surface area contributed by atoms with E-state index in [0.29, 0.717) is 24.6 Å². The minimum Gasteiger partial charge on any atom is -0.491 e. The van der Waals surface area contributed by atoms with Gasteiger partial charge in [0.15, 0.2) is 5.75 Å². The quantitative estimate of drug-likeness (QED) is 0.735. The third-order valence-electron chi connectivity index (χ3n) is 1.40. The standard InChI is InChI=1S/C8H12N2O2/c1-3-7-9-5-6(12-4-2)8(11)10-7/h5H,3-4H2,1-2H3,(H,9,10,11). The molecule has 0 saturated carbocycles. The average Bonchev–Trinajstić information content (AvgIpc) is 2.09. The lowest BCUT2D eigenvalue weighted by molar-refractivity contribution is 0.309. The minimum absolute atomic E-state index is 0.0799. The normalized spacial score (nSPS) is 9.83. The summed E-state index contributed by atoms with van der Waals surface area (Å²) in [4.78, 5) is 7.81. The second kappa shape index (κ2) is 3.90. The smallest absolute Gasteiger partial charge is 0.257 e. The van der Waals surface area contributed by atoms with Gasteiger partial charge in [0.05, 0.1) is 12.8 Å². The monoisotopic (exact) mass is 168 g/mol. The van der Waals surface area contributed by atoms with E-state index < -0.39 is 0 Å². The molecule has 1 rings (SSSR count). The number of aryl methyl sites for hydroxylation is 1. The molecule has 0 saturated heterocycles. The minimum atomic E-state index is -0.0799. The Morgan fingerprint density at radius 3 is 2.75 bits per heavy atom. The van der Waals surface area contributed by atoms with Crippen LogP contribution in [0.25, 0.3) is 0 Å². The highest BCUT2D eigenvalue weighted by Crippen LogP contribution is 2.21. The second-order valence-electron chi connectivity index (χ2n) is 2.26. The number of hydrogen-bond donors (Lipinski definition) is 1. The lowest BCUT2D eigenvalue weighted by atomic mass is 10.4. The van der Waals surface area contributed by atoms with Crippen molar-refractivity contribution < 1.29 is 9.84 Å². The predicted molar refractivity (Wildman–Crippen MR) is 44.2 cm³/mol. The van der Waals surface area contributed by atoms with Crippen LogP contribution in [-0.2, 0) is 6.42 Å². The molecule has 0 amide bonds. The fourth-order valence-corrected chi connectivity index (χ4v) is 0.825. The maximum Gasteiger partial charge on any atom is 0.257 e. The van der Waals surface area contributed by atoms with Gasteiger partial charge in [-0.2, -0.15) is 4.98 Å². The van der Waals surface area contributed by atoms with E-state index >= 15 is 0 Å². The van der Waals surface area contributed by atoms with Crippen molar-refractivity contribution in [2.75, 3.05) is 6.61 Å². The van der Waals surface area contributed by atoms with Crippen molar-refractivity contribution in [1.29, 1.82) is 0 Å². The number of nitrogens with zero attached hydrogens (tertiary/aromatic N) is 2. The van der Waals surface area contributed by atoms with Crippen LogP contribution in [0.1, 0.15) is 19.7 Å². The number of hydrogen-bond acceptors (Lipinski definition) is 4. The summed E-state index contributed by atoms with van der Waals surface area (Å²) in [5.41, 5.74) is 0. The van der Waals surface area contributed by atoms with Crippen molar-refractivity contribution in [3.05, 3.63) is 12.0 Å². The summed E-state index contributed by atoms with van der Waals surface area (Å²) in [5.74, 6) is 0.884. The topological polar surface area (TPSA) is 55.2 Å². The zero-order valence-electron chi connectivity index (χ0n) is 7.24. The first-order chi connectivity index (χ1) is 5.77. The van der Waals surface area contributed by atoms with Crippen LogP contribution in [0.3, 0.4) is 0 Å². The Kier molecular flexibility index (Phi) is 2.85. The van der Waals surface area contributed by atoms with Gasteiger partial charge in [-0.05, 0) is 6.92 Å². The molecule has 66 valence electrons. The van der Waals surface area contributed by atoms with Gasteiger partial charge >= 0.3 is 0 Å². The fraction of sp³-hybridized carbons (Fsp3) is 0.500. The predicted octanol–water partition coefficient (Wildman–Crippen LogP) is 1.14. The van der Waals surface area contributed by atoms with E-state index in [1.807, 2.05) is 13.8 Å². The Labute approximate surface area is 71.2 Å². The number of rotatable bonds is 3. The van der Waals surface area contributed by atoms with E-state index in [-0.39, 0.29) is 5.88 Å². The average molecular weight is 168 g/mol. The summed E-state index contributed by atoms with van der Waals surface area (Å²) < 4.78 is 5.06. The molecule has 1 aromatic rings. The Bertz CT molecular complexity index is 263. The fourth-order valence-electron chi connectivity index (χ4n) is 0.825. The van der Waals surface area contributed by atoms with Crippen LogP contribution in [0.2, 0.25) is 0 Å². The lowest BCUT2D eigenvalue weighted by Gasteiger charge is -2.04. The van der Waals surface area contributed by atoms with Crippen LogP contribution in [0.4, 0.5) is 0 Å². The molecule has 0 aliphatic carbocycles. The largest absolute Gasteiger partial charge is 0.491 e. The molecule has 0 spiro atoms. The van der Waals surface area contributed by atoms with Crippen molar-refractivity contribution in [1.82, 2.24) is 9.97 Å². The highest BCUT2D eigenvalue weighted by Gasteiger charge is 2.04. The van der Waals surface area contributed by atoms with Crippen LogP contribution in [0, 0.1) is 0 Å². The van der Waals surface area contributed by atoms with Gasteiger partial charge in [0.25, 0.3) is 5.88 Å². The highest BCUT2D eigenvalue weighted by atomic mass is 16.5. The first-order valence-corrected chi connectivity index (χ1v) is 3.95. The Hall–Kier alpha value is -1.32. The van der Waals surface area contributed by atoms with Crippen LogP contribution < -0.4 is 4.74 Å². The highest BCUT2D eigenvalue weighted by molar-refractivity contribution is 5.29. The van der Waals surface area contributed by atoms with Crippen molar-refractivity contribution in [2.45, 2.75) is 20.3 Å². The lowest BCUT2D eigenvalue weighted by Crippen LogP contribution is -1.97. The van der Waals surface area contributed by atoms with Crippen LogP contribution in [0.5, 0.6) is 11.6 Å². The SMILES string of the molecule is CCOc1cnc(CC)nc1O. The van der Waals surface area contributed by atoms with E-state index in [4.69, 9.17) is 4.74 Å². The van der Waals surface area contributed by atoms with Gasteiger partial charge in [-0.25, -0.2) is 4.98 Å². The maximum atomic E-state index is 9.28. The first-order valence-electron chi connectivity index (χ1n) is 3.95. The summed E-state index contributed by atoms with van der Waals surface area (Å²) in [6.45, 7) is 4.27. The van der Waals surface area contributed by atoms with Crippen molar-refractivity contribution >= 4 is 0 Å². The molecule has 1 N–H and O–H groups in total. The van der Waals surface area contributed by atoms with Gasteiger partial charge in [0, 0.05) is 6.42 Å². The molecule has 0 aromatic carbocycles. The van der Waals surface area contributed by atoms with E-state index in [0.717, 1.165) is 0 Å². The van der Waals surface area contributed by atoms with Crippen LogP contribution in [-0.4, -0.2) is 21.7 Å². The summed E-state index contributed by atoms with van der Waals surface area (Å²) in [6, 6.07) is 0. The molecule has 12 heavy (non-hydrogen) atoms. The molecule has 0 fully saturated rings. The Morgan fingerprint density at radius 2 is 2.25 bits per heavy atom. The zero-order valence-corrected chi connectivity index (χ0v) is 7.24. The molecule has 0 unspecified atom stereocenters. The molecule has 1 aromatic heterocycles. The summed E-state index contributed by atoms with van der Waals surface area (Å²) >= 11 is 0. The van der Waals surface area contributed by atoms with Crippen molar-refractivity contribution in [2.24, 2.45) is 0 Å². The van der Waals surface area contributed by atoms with E-state index in [2.05, 4.69) is 9.97 Å². The van der Waals surface area contributed by atoms with Gasteiger partial charge < -0.3 is 9.84 Å². The van der Waals surface area contributed by atoms with Gasteiger partial charge in [-0.1, -0.05) is 6.92 Å². The third-order valence-corrected chi connectivity index (χ3v) is 1.40. The Morgan fingerprint density at radius 1 is 1.50 bits per heavy atom. The van der Waals surface area contributed by atoms with Gasteiger partial charge in [-0.3, -0.25) is 0 Å². The molecular formula is C8H12N2O2.